The van der Waals surface area contributed by atoms with Crippen molar-refractivity contribution in [2.24, 2.45) is 0 Å². The molecule has 0 saturated carbocycles. The summed E-state index contributed by atoms with van der Waals surface area (Å²) in [6.07, 6.45) is 3.72. The molecule has 0 unspecified atom stereocenters. The molecule has 1 heterocycles. The number of nitrogens with zero attached hydrogens (tertiary/aromatic N) is 1. The summed E-state index contributed by atoms with van der Waals surface area (Å²) in [5, 5.41) is 0. The van der Waals surface area contributed by atoms with Crippen molar-refractivity contribution in [2.75, 3.05) is 0 Å². The van der Waals surface area contributed by atoms with Crippen molar-refractivity contribution in [1.82, 2.24) is 4.98 Å². The Hall–Kier alpha value is -4.39. The number of benzene rings is 4. The number of rotatable bonds is 0. The lowest BCUT2D eigenvalue weighted by atomic mass is 9.86. The summed E-state index contributed by atoms with van der Waals surface area (Å²) < 4.78 is 77.8. The molecular weight excluding hydrogens is 717 g/mol. The van der Waals surface area contributed by atoms with E-state index in [-0.39, 0.29) is 50.5 Å². The number of aromatic nitrogens is 1. The highest BCUT2D eigenvalue weighted by atomic mass is 19.2. The van der Waals surface area contributed by atoms with Crippen LogP contribution in [0.3, 0.4) is 0 Å². The molecule has 0 bridgehead atoms. The van der Waals surface area contributed by atoms with Crippen molar-refractivity contribution < 1.29 is 26.3 Å². The van der Waals surface area contributed by atoms with Gasteiger partial charge in [0, 0.05) is 18.0 Å². The van der Waals surface area contributed by atoms with Gasteiger partial charge in [0.05, 0.1) is 0 Å². The molecule has 5 aromatic rings. The van der Waals surface area contributed by atoms with E-state index in [2.05, 4.69) is 52.6 Å². The van der Waals surface area contributed by atoms with Crippen molar-refractivity contribution in [3.8, 4) is 0 Å². The zero-order valence-corrected chi connectivity index (χ0v) is 36.1. The Kier molecular flexibility index (Phi) is 18.3. The van der Waals surface area contributed by atoms with Gasteiger partial charge in [-0.05, 0) is 104 Å². The maximum atomic E-state index is 13.1. The second-order valence-electron chi connectivity index (χ2n) is 18.7. The summed E-state index contributed by atoms with van der Waals surface area (Å²) in [5.74, 6) is -1.94. The topological polar surface area (TPSA) is 12.9 Å². The van der Waals surface area contributed by atoms with Crippen LogP contribution in [0.5, 0.6) is 0 Å². The molecule has 0 radical (unpaired) electrons. The molecule has 0 spiro atoms. The van der Waals surface area contributed by atoms with Gasteiger partial charge in [-0.25, -0.2) is 26.3 Å². The molecule has 0 fully saturated rings. The minimum atomic E-state index is -0.477. The summed E-state index contributed by atoms with van der Waals surface area (Å²) in [6.45, 7) is 29.7. The molecule has 0 saturated heterocycles. The van der Waals surface area contributed by atoms with Crippen LogP contribution in [-0.4, -0.2) is 4.98 Å². The van der Waals surface area contributed by atoms with Gasteiger partial charge in [0.25, 0.3) is 0 Å². The normalized spacial score (nSPS) is 11.7. The van der Waals surface area contributed by atoms with Crippen LogP contribution in [0.2, 0.25) is 0 Å². The predicted molar refractivity (Wildman–Crippen MR) is 223 cm³/mol. The summed E-state index contributed by atoms with van der Waals surface area (Å²) in [6, 6.07) is 25.2. The second kappa shape index (κ2) is 20.7. The summed E-state index contributed by atoms with van der Waals surface area (Å²) in [7, 11) is 0. The monoisotopic (exact) mass is 779 g/mol. The summed E-state index contributed by atoms with van der Waals surface area (Å²) in [5.41, 5.74) is 3.04. The molecule has 0 aliphatic rings. The van der Waals surface area contributed by atoms with E-state index in [0.29, 0.717) is 5.56 Å². The first kappa shape index (κ1) is 49.6. The Morgan fingerprint density at radius 2 is 0.804 bits per heavy atom. The van der Waals surface area contributed by atoms with Gasteiger partial charge in [0.1, 0.15) is 34.9 Å². The first-order valence-corrected chi connectivity index (χ1v) is 18.8. The van der Waals surface area contributed by atoms with Crippen LogP contribution >= 0.6 is 0 Å². The number of hydrogen-bond donors (Lipinski definition) is 0. The predicted octanol–water partition coefficient (Wildman–Crippen LogP) is 15.2. The zero-order chi connectivity index (χ0) is 43.3. The lowest BCUT2D eigenvalue weighted by Gasteiger charge is -2.20. The highest BCUT2D eigenvalue weighted by Gasteiger charge is 2.22. The molecule has 306 valence electrons. The quantitative estimate of drug-likeness (QED) is 0.143. The van der Waals surface area contributed by atoms with Crippen LogP contribution in [0.1, 0.15) is 132 Å². The third kappa shape index (κ3) is 17.6. The molecule has 56 heavy (non-hydrogen) atoms. The summed E-state index contributed by atoms with van der Waals surface area (Å²) in [4.78, 5) is 4.05. The molecule has 0 aliphatic heterocycles. The van der Waals surface area contributed by atoms with Crippen molar-refractivity contribution in [1.29, 1.82) is 0 Å². The maximum Gasteiger partial charge on any atom is 0.129 e. The minimum absolute atomic E-state index is 0.0437. The van der Waals surface area contributed by atoms with Gasteiger partial charge in [0.2, 0.25) is 0 Å². The van der Waals surface area contributed by atoms with Crippen LogP contribution in [0.25, 0.3) is 0 Å². The van der Waals surface area contributed by atoms with Gasteiger partial charge in [0.15, 0.2) is 0 Å². The largest absolute Gasteiger partial charge is 0.264 e. The number of pyridine rings is 1. The molecule has 0 amide bonds. The van der Waals surface area contributed by atoms with Crippen molar-refractivity contribution in [3.63, 3.8) is 0 Å². The third-order valence-corrected chi connectivity index (χ3v) is 8.35. The average Bonchev–Trinajstić information content (AvgIpc) is 3.05. The summed E-state index contributed by atoms with van der Waals surface area (Å²) >= 11 is 0. The van der Waals surface area contributed by atoms with Gasteiger partial charge in [-0.3, -0.25) is 4.98 Å². The third-order valence-electron chi connectivity index (χ3n) is 8.35. The Morgan fingerprint density at radius 3 is 1.14 bits per heavy atom. The van der Waals surface area contributed by atoms with Gasteiger partial charge in [-0.2, -0.15) is 0 Å². The lowest BCUT2D eigenvalue weighted by molar-refractivity contribution is 0.475. The van der Waals surface area contributed by atoms with Gasteiger partial charge < -0.3 is 0 Å². The van der Waals surface area contributed by atoms with E-state index in [9.17, 15) is 26.3 Å². The van der Waals surface area contributed by atoms with Crippen LogP contribution in [0.4, 0.5) is 26.3 Å². The van der Waals surface area contributed by atoms with Crippen LogP contribution in [-0.2, 0) is 27.1 Å². The van der Waals surface area contributed by atoms with E-state index in [1.165, 1.54) is 42.0 Å². The smallest absolute Gasteiger partial charge is 0.129 e. The maximum absolute atomic E-state index is 13.1. The molecule has 0 atom stereocenters. The highest BCUT2D eigenvalue weighted by Crippen LogP contribution is 2.28. The second-order valence-corrected chi connectivity index (χ2v) is 18.7. The van der Waals surface area contributed by atoms with E-state index in [4.69, 9.17) is 0 Å². The van der Waals surface area contributed by atoms with Crippen LogP contribution in [0.15, 0.2) is 109 Å². The van der Waals surface area contributed by atoms with E-state index >= 15 is 0 Å². The van der Waals surface area contributed by atoms with E-state index < -0.39 is 17.0 Å². The molecule has 0 N–H and O–H groups in total. The van der Waals surface area contributed by atoms with E-state index in [1.54, 1.807) is 45.2 Å². The fourth-order valence-corrected chi connectivity index (χ4v) is 5.12. The first-order valence-electron chi connectivity index (χ1n) is 18.8. The molecular formula is C49H63F6N. The van der Waals surface area contributed by atoms with Gasteiger partial charge >= 0.3 is 0 Å². The molecule has 4 aromatic carbocycles. The standard InChI is InChI=1S/2C10H12F2.2C10H13F.C9H13N/c1-10(2,3)8-6-7(11)4-5-9(8)12;1-10(2,3)9-7(11)5-4-6-8(9)12;1-10(2,3)8-5-4-6-9(11)7-8;1-10(2,3)8-6-4-5-7-9(8)11;1-9(2,3)8-5-4-6-10-7-8/h2*4-6H,1-3H3;2*4-7H,1-3H3;4-7H,1-3H3. The Balaban J connectivity index is 0.000000350. The molecule has 0 aliphatic carbocycles. The first-order chi connectivity index (χ1) is 25.5. The fourth-order valence-electron chi connectivity index (χ4n) is 5.12. The zero-order valence-electron chi connectivity index (χ0n) is 36.1. The highest BCUT2D eigenvalue weighted by molar-refractivity contribution is 5.28. The number of hydrogen-bond acceptors (Lipinski definition) is 1. The Labute approximate surface area is 333 Å². The van der Waals surface area contributed by atoms with Crippen LogP contribution in [0, 0.1) is 34.9 Å². The lowest BCUT2D eigenvalue weighted by Crippen LogP contribution is -2.15. The van der Waals surface area contributed by atoms with Gasteiger partial charge in [-0.15, -0.1) is 0 Å². The fraction of sp³-hybridized carbons (Fsp3) is 0.408. The Morgan fingerprint density at radius 1 is 0.357 bits per heavy atom. The minimum Gasteiger partial charge on any atom is -0.264 e. The SMILES string of the molecule is CC(C)(C)c1c(F)cccc1F.CC(C)(C)c1cc(F)ccc1F.CC(C)(C)c1cccc(F)c1.CC(C)(C)c1ccccc1F.CC(C)(C)c1cccnc1. The molecule has 5 rings (SSSR count). The van der Waals surface area contributed by atoms with E-state index in [1.807, 2.05) is 72.0 Å². The van der Waals surface area contributed by atoms with Crippen molar-refractivity contribution in [2.45, 2.75) is 131 Å². The molecule has 7 heteroatoms. The molecule has 1 nitrogen and oxygen atoms in total. The van der Waals surface area contributed by atoms with Gasteiger partial charge in [-0.1, -0.05) is 146 Å². The van der Waals surface area contributed by atoms with E-state index in [0.717, 1.165) is 23.3 Å². The van der Waals surface area contributed by atoms with Crippen LogP contribution < -0.4 is 0 Å². The van der Waals surface area contributed by atoms with Crippen molar-refractivity contribution >= 4 is 0 Å². The average molecular weight is 780 g/mol. The Bertz CT molecular complexity index is 1900. The molecule has 1 aromatic heterocycles. The van der Waals surface area contributed by atoms with Crippen molar-refractivity contribution in [3.05, 3.63) is 172 Å². The number of halogens is 6.